The molecule has 0 bridgehead atoms. The SMILES string of the molecule is Cc1ccc(Nc2cccc(OC(F)(F)F)c2)c(N)c1. The molecule has 0 aliphatic carbocycles. The molecule has 0 heterocycles. The minimum absolute atomic E-state index is 0.284. The van der Waals surface area contributed by atoms with E-state index in [9.17, 15) is 13.2 Å². The average Bonchev–Trinajstić information content (AvgIpc) is 2.31. The Morgan fingerprint density at radius 1 is 1.10 bits per heavy atom. The van der Waals surface area contributed by atoms with Gasteiger partial charge in [-0.05, 0) is 36.8 Å². The van der Waals surface area contributed by atoms with Crippen molar-refractivity contribution in [1.82, 2.24) is 0 Å². The number of benzene rings is 2. The zero-order chi connectivity index (χ0) is 14.8. The van der Waals surface area contributed by atoms with Crippen LogP contribution in [0.1, 0.15) is 5.56 Å². The Morgan fingerprint density at radius 2 is 1.85 bits per heavy atom. The van der Waals surface area contributed by atoms with E-state index in [0.29, 0.717) is 17.1 Å². The van der Waals surface area contributed by atoms with E-state index in [0.717, 1.165) is 5.56 Å². The van der Waals surface area contributed by atoms with E-state index in [4.69, 9.17) is 5.73 Å². The molecule has 106 valence electrons. The molecule has 0 saturated heterocycles. The zero-order valence-electron chi connectivity index (χ0n) is 10.7. The molecule has 0 spiro atoms. The Balaban J connectivity index is 2.19. The summed E-state index contributed by atoms with van der Waals surface area (Å²) >= 11 is 0. The van der Waals surface area contributed by atoms with E-state index in [1.807, 2.05) is 13.0 Å². The first-order valence-corrected chi connectivity index (χ1v) is 5.82. The van der Waals surface area contributed by atoms with Gasteiger partial charge in [0.1, 0.15) is 5.75 Å². The second kappa shape index (κ2) is 5.32. The molecule has 20 heavy (non-hydrogen) atoms. The normalized spacial score (nSPS) is 11.2. The van der Waals surface area contributed by atoms with Crippen molar-refractivity contribution in [3.63, 3.8) is 0 Å². The van der Waals surface area contributed by atoms with E-state index < -0.39 is 6.36 Å². The predicted octanol–water partition coefficient (Wildman–Crippen LogP) is 4.22. The fourth-order valence-electron chi connectivity index (χ4n) is 1.72. The summed E-state index contributed by atoms with van der Waals surface area (Å²) in [4.78, 5) is 0. The number of alkyl halides is 3. The average molecular weight is 282 g/mol. The number of rotatable bonds is 3. The van der Waals surface area contributed by atoms with Crippen LogP contribution in [-0.4, -0.2) is 6.36 Å². The summed E-state index contributed by atoms with van der Waals surface area (Å²) in [6.07, 6.45) is -4.71. The van der Waals surface area contributed by atoms with E-state index in [-0.39, 0.29) is 5.75 Å². The Morgan fingerprint density at radius 3 is 2.50 bits per heavy atom. The number of halogens is 3. The van der Waals surface area contributed by atoms with Crippen molar-refractivity contribution in [2.75, 3.05) is 11.1 Å². The van der Waals surface area contributed by atoms with Crippen LogP contribution in [0.4, 0.5) is 30.2 Å². The molecule has 0 aliphatic heterocycles. The van der Waals surface area contributed by atoms with E-state index in [1.165, 1.54) is 18.2 Å². The fourth-order valence-corrected chi connectivity index (χ4v) is 1.72. The lowest BCUT2D eigenvalue weighted by Crippen LogP contribution is -2.17. The largest absolute Gasteiger partial charge is 0.573 e. The lowest BCUT2D eigenvalue weighted by Gasteiger charge is -2.12. The van der Waals surface area contributed by atoms with Gasteiger partial charge in [0.05, 0.1) is 11.4 Å². The van der Waals surface area contributed by atoms with Crippen LogP contribution >= 0.6 is 0 Å². The smallest absolute Gasteiger partial charge is 0.406 e. The second-order valence-electron chi connectivity index (χ2n) is 4.29. The van der Waals surface area contributed by atoms with Gasteiger partial charge < -0.3 is 15.8 Å². The number of aryl methyl sites for hydroxylation is 1. The first-order valence-electron chi connectivity index (χ1n) is 5.82. The monoisotopic (exact) mass is 282 g/mol. The van der Waals surface area contributed by atoms with Crippen LogP contribution in [0.2, 0.25) is 0 Å². The van der Waals surface area contributed by atoms with Gasteiger partial charge in [0.25, 0.3) is 0 Å². The van der Waals surface area contributed by atoms with Crippen molar-refractivity contribution in [2.45, 2.75) is 13.3 Å². The lowest BCUT2D eigenvalue weighted by atomic mass is 10.2. The van der Waals surface area contributed by atoms with Crippen LogP contribution < -0.4 is 15.8 Å². The van der Waals surface area contributed by atoms with Gasteiger partial charge in [0, 0.05) is 11.8 Å². The molecular formula is C14H13F3N2O. The number of nitrogens with one attached hydrogen (secondary N) is 1. The summed E-state index contributed by atoms with van der Waals surface area (Å²) in [5, 5.41) is 2.95. The van der Waals surface area contributed by atoms with E-state index in [1.54, 1.807) is 18.2 Å². The van der Waals surface area contributed by atoms with Crippen molar-refractivity contribution in [2.24, 2.45) is 0 Å². The van der Waals surface area contributed by atoms with Crippen LogP contribution in [0.25, 0.3) is 0 Å². The molecule has 3 nitrogen and oxygen atoms in total. The number of hydrogen-bond acceptors (Lipinski definition) is 3. The van der Waals surface area contributed by atoms with Crippen LogP contribution in [-0.2, 0) is 0 Å². The highest BCUT2D eigenvalue weighted by atomic mass is 19.4. The van der Waals surface area contributed by atoms with Gasteiger partial charge in [0.2, 0.25) is 0 Å². The highest BCUT2D eigenvalue weighted by molar-refractivity contribution is 5.73. The van der Waals surface area contributed by atoms with E-state index >= 15 is 0 Å². The zero-order valence-corrected chi connectivity index (χ0v) is 10.7. The second-order valence-corrected chi connectivity index (χ2v) is 4.29. The van der Waals surface area contributed by atoms with Gasteiger partial charge in [-0.1, -0.05) is 12.1 Å². The molecule has 0 aliphatic rings. The molecule has 0 amide bonds. The Hall–Kier alpha value is -2.37. The summed E-state index contributed by atoms with van der Waals surface area (Å²) in [7, 11) is 0. The van der Waals surface area contributed by atoms with Crippen molar-refractivity contribution in [3.8, 4) is 5.75 Å². The molecule has 0 radical (unpaired) electrons. The van der Waals surface area contributed by atoms with Crippen molar-refractivity contribution >= 4 is 17.1 Å². The molecular weight excluding hydrogens is 269 g/mol. The number of hydrogen-bond donors (Lipinski definition) is 2. The Bertz CT molecular complexity index is 612. The summed E-state index contributed by atoms with van der Waals surface area (Å²) in [6.45, 7) is 1.90. The number of anilines is 3. The maximum atomic E-state index is 12.1. The van der Waals surface area contributed by atoms with Crippen molar-refractivity contribution < 1.29 is 17.9 Å². The summed E-state index contributed by atoms with van der Waals surface area (Å²) in [5.41, 5.74) is 8.44. The molecule has 0 unspecified atom stereocenters. The molecule has 0 aromatic heterocycles. The molecule has 2 rings (SSSR count). The minimum atomic E-state index is -4.71. The molecule has 0 atom stereocenters. The maximum absolute atomic E-state index is 12.1. The van der Waals surface area contributed by atoms with Crippen LogP contribution in [0.15, 0.2) is 42.5 Å². The predicted molar refractivity (Wildman–Crippen MR) is 72.0 cm³/mol. The Kier molecular flexibility index (Phi) is 3.74. The quantitative estimate of drug-likeness (QED) is 0.829. The number of nitrogens with two attached hydrogens (primary N) is 1. The molecule has 6 heteroatoms. The molecule has 2 aromatic rings. The molecule has 0 fully saturated rings. The Labute approximate surface area is 114 Å². The standard InChI is InChI=1S/C14H13F3N2O/c1-9-5-6-13(12(18)7-9)19-10-3-2-4-11(8-10)20-14(15,16)17/h2-8,19H,18H2,1H3. The summed E-state index contributed by atoms with van der Waals surface area (Å²) < 4.78 is 40.3. The first kappa shape index (κ1) is 14.0. The van der Waals surface area contributed by atoms with Gasteiger partial charge in [-0.2, -0.15) is 0 Å². The highest BCUT2D eigenvalue weighted by Crippen LogP contribution is 2.28. The van der Waals surface area contributed by atoms with Crippen molar-refractivity contribution in [3.05, 3.63) is 48.0 Å². The van der Waals surface area contributed by atoms with Gasteiger partial charge in [-0.3, -0.25) is 0 Å². The van der Waals surface area contributed by atoms with Gasteiger partial charge in [-0.15, -0.1) is 13.2 Å². The third kappa shape index (κ3) is 3.81. The maximum Gasteiger partial charge on any atom is 0.573 e. The summed E-state index contributed by atoms with van der Waals surface area (Å²) in [5.74, 6) is -0.284. The molecule has 0 saturated carbocycles. The third-order valence-corrected chi connectivity index (χ3v) is 2.55. The van der Waals surface area contributed by atoms with Gasteiger partial charge >= 0.3 is 6.36 Å². The summed E-state index contributed by atoms with van der Waals surface area (Å²) in [6, 6.07) is 11.0. The van der Waals surface area contributed by atoms with Gasteiger partial charge in [0.15, 0.2) is 0 Å². The highest BCUT2D eigenvalue weighted by Gasteiger charge is 2.31. The number of nitrogen functional groups attached to an aromatic ring is 1. The van der Waals surface area contributed by atoms with E-state index in [2.05, 4.69) is 10.1 Å². The van der Waals surface area contributed by atoms with Crippen molar-refractivity contribution in [1.29, 1.82) is 0 Å². The van der Waals surface area contributed by atoms with Crippen LogP contribution in [0.3, 0.4) is 0 Å². The molecule has 3 N–H and O–H groups in total. The molecule has 2 aromatic carbocycles. The minimum Gasteiger partial charge on any atom is -0.406 e. The first-order chi connectivity index (χ1) is 9.33. The fraction of sp³-hybridized carbons (Fsp3) is 0.143. The third-order valence-electron chi connectivity index (χ3n) is 2.55. The van der Waals surface area contributed by atoms with Crippen LogP contribution in [0.5, 0.6) is 5.75 Å². The van der Waals surface area contributed by atoms with Crippen LogP contribution in [0, 0.1) is 6.92 Å². The lowest BCUT2D eigenvalue weighted by molar-refractivity contribution is -0.274. The number of ether oxygens (including phenoxy) is 1. The topological polar surface area (TPSA) is 47.3 Å². The van der Waals surface area contributed by atoms with Gasteiger partial charge in [-0.25, -0.2) is 0 Å².